The van der Waals surface area contributed by atoms with E-state index in [9.17, 15) is 18.0 Å². The van der Waals surface area contributed by atoms with Gasteiger partial charge in [0.2, 0.25) is 10.0 Å². The monoisotopic (exact) mass is 281 g/mol. The van der Waals surface area contributed by atoms with Gasteiger partial charge < -0.3 is 14.6 Å². The molecule has 0 spiro atoms. The number of carbonyl (C=O) groups excluding carboxylic acids is 1. The van der Waals surface area contributed by atoms with E-state index in [1.54, 1.807) is 0 Å². The molecule has 0 aliphatic carbocycles. The van der Waals surface area contributed by atoms with Gasteiger partial charge in [0.1, 0.15) is 0 Å². The lowest BCUT2D eigenvalue weighted by molar-refractivity contribution is -0.144. The van der Waals surface area contributed by atoms with Crippen LogP contribution in [0, 0.1) is 0 Å². The van der Waals surface area contributed by atoms with Gasteiger partial charge in [0, 0.05) is 13.0 Å². The first-order valence-electron chi connectivity index (χ1n) is 5.21. The van der Waals surface area contributed by atoms with Gasteiger partial charge in [-0.25, -0.2) is 8.42 Å². The topological polar surface area (TPSA) is 119 Å². The number of carbonyl (C=O) groups is 2. The van der Waals surface area contributed by atoms with Crippen LogP contribution in [0.4, 0.5) is 0 Å². The third kappa shape index (κ3) is 3.65. The van der Waals surface area contributed by atoms with Crippen molar-refractivity contribution < 1.29 is 32.6 Å². The van der Waals surface area contributed by atoms with Gasteiger partial charge in [-0.05, 0) is 0 Å². The second kappa shape index (κ2) is 5.63. The summed E-state index contributed by atoms with van der Waals surface area (Å²) >= 11 is 0. The fraction of sp³-hybridized carbons (Fsp3) is 0.778. The summed E-state index contributed by atoms with van der Waals surface area (Å²) in [4.78, 5) is 22.0. The average Bonchev–Trinajstić information content (AvgIpc) is 2.75. The maximum Gasteiger partial charge on any atom is 0.327 e. The van der Waals surface area contributed by atoms with Crippen LogP contribution in [0.15, 0.2) is 0 Å². The zero-order valence-corrected chi connectivity index (χ0v) is 10.7. The minimum Gasteiger partial charge on any atom is -0.480 e. The highest BCUT2D eigenvalue weighted by molar-refractivity contribution is 7.89. The summed E-state index contributed by atoms with van der Waals surface area (Å²) in [5.74, 6) is -2.48. The van der Waals surface area contributed by atoms with Gasteiger partial charge in [0.05, 0.1) is 25.9 Å². The average molecular weight is 281 g/mol. The third-order valence-electron chi connectivity index (χ3n) is 2.58. The quantitative estimate of drug-likeness (QED) is 0.581. The van der Waals surface area contributed by atoms with Crippen LogP contribution in [0.25, 0.3) is 0 Å². The summed E-state index contributed by atoms with van der Waals surface area (Å²) in [6.45, 7) is -0.0500. The van der Waals surface area contributed by atoms with Crippen LogP contribution < -0.4 is 4.72 Å². The minimum atomic E-state index is -3.89. The molecule has 8 nitrogen and oxygen atoms in total. The van der Waals surface area contributed by atoms with Crippen molar-refractivity contribution in [2.75, 3.05) is 26.1 Å². The summed E-state index contributed by atoms with van der Waals surface area (Å²) in [5, 5.41) is 9.05. The minimum absolute atomic E-state index is 0.0553. The van der Waals surface area contributed by atoms with Crippen LogP contribution in [0.2, 0.25) is 0 Å². The fourth-order valence-electron chi connectivity index (χ4n) is 1.53. The van der Waals surface area contributed by atoms with Crippen LogP contribution in [0.1, 0.15) is 12.8 Å². The molecule has 1 heterocycles. The van der Waals surface area contributed by atoms with Crippen molar-refractivity contribution in [1.82, 2.24) is 4.72 Å². The molecular weight excluding hydrogens is 266 g/mol. The smallest absolute Gasteiger partial charge is 0.327 e. The molecule has 0 aromatic carbocycles. The normalized spacial score (nSPS) is 23.8. The molecule has 1 aliphatic heterocycles. The molecule has 0 saturated carbocycles. The highest BCUT2D eigenvalue weighted by Crippen LogP contribution is 2.20. The predicted octanol–water partition coefficient (Wildman–Crippen LogP) is -1.29. The number of carboxylic acid groups (broad SMARTS) is 1. The van der Waals surface area contributed by atoms with E-state index in [2.05, 4.69) is 9.46 Å². The molecule has 1 atom stereocenters. The van der Waals surface area contributed by atoms with E-state index in [0.29, 0.717) is 0 Å². The molecule has 0 aromatic heterocycles. The molecule has 1 saturated heterocycles. The molecule has 0 amide bonds. The largest absolute Gasteiger partial charge is 0.480 e. The number of nitrogens with one attached hydrogen (secondary N) is 1. The number of esters is 1. The second-order valence-corrected chi connectivity index (χ2v) is 5.78. The van der Waals surface area contributed by atoms with Crippen LogP contribution in [0.3, 0.4) is 0 Å². The maximum atomic E-state index is 11.7. The number of rotatable bonds is 6. The maximum absolute atomic E-state index is 11.7. The summed E-state index contributed by atoms with van der Waals surface area (Å²) in [5.41, 5.74) is -1.63. The number of ether oxygens (including phenoxy) is 2. The SMILES string of the molecule is COC(=O)CCS(=O)(=O)NC1(C(=O)O)CCOC1. The standard InChI is InChI=1S/C9H15NO7S/c1-16-7(11)2-5-18(14,15)10-9(8(12)13)3-4-17-6-9/h10H,2-6H2,1H3,(H,12,13). The molecule has 1 unspecified atom stereocenters. The highest BCUT2D eigenvalue weighted by Gasteiger charge is 2.45. The molecule has 2 N–H and O–H groups in total. The summed E-state index contributed by atoms with van der Waals surface area (Å²) < 4.78 is 34.7. The van der Waals surface area contributed by atoms with Crippen molar-refractivity contribution in [1.29, 1.82) is 0 Å². The molecule has 104 valence electrons. The fourth-order valence-corrected chi connectivity index (χ4v) is 2.91. The van der Waals surface area contributed by atoms with Crippen molar-refractivity contribution in [3.05, 3.63) is 0 Å². The lowest BCUT2D eigenvalue weighted by Crippen LogP contribution is -2.55. The van der Waals surface area contributed by atoms with E-state index >= 15 is 0 Å². The second-order valence-electron chi connectivity index (χ2n) is 3.94. The van der Waals surface area contributed by atoms with Gasteiger partial charge in [-0.1, -0.05) is 0 Å². The summed E-state index contributed by atoms with van der Waals surface area (Å²) in [6.07, 6.45) is -0.276. The van der Waals surface area contributed by atoms with E-state index in [-0.39, 0.29) is 26.1 Å². The van der Waals surface area contributed by atoms with Crippen molar-refractivity contribution in [2.45, 2.75) is 18.4 Å². The number of hydrogen-bond acceptors (Lipinski definition) is 6. The van der Waals surface area contributed by atoms with E-state index < -0.39 is 33.3 Å². The van der Waals surface area contributed by atoms with E-state index in [1.165, 1.54) is 0 Å². The third-order valence-corrected chi connectivity index (χ3v) is 4.03. The first kappa shape index (κ1) is 14.9. The Labute approximate surface area is 104 Å². The summed E-state index contributed by atoms with van der Waals surface area (Å²) in [6, 6.07) is 0. The molecule has 1 aliphatic rings. The molecular formula is C9H15NO7S. The van der Waals surface area contributed by atoms with Gasteiger partial charge in [0.15, 0.2) is 5.54 Å². The van der Waals surface area contributed by atoms with Crippen molar-refractivity contribution in [3.8, 4) is 0 Å². The lowest BCUT2D eigenvalue weighted by atomic mass is 10.0. The number of carboxylic acids is 1. The molecule has 0 aromatic rings. The van der Waals surface area contributed by atoms with Gasteiger partial charge in [-0.15, -0.1) is 0 Å². The van der Waals surface area contributed by atoms with Crippen molar-refractivity contribution in [3.63, 3.8) is 0 Å². The molecule has 18 heavy (non-hydrogen) atoms. The number of methoxy groups -OCH3 is 1. The first-order valence-corrected chi connectivity index (χ1v) is 6.86. The van der Waals surface area contributed by atoms with Crippen molar-refractivity contribution >= 4 is 22.0 Å². The van der Waals surface area contributed by atoms with Crippen LogP contribution in [-0.4, -0.2) is 57.1 Å². The van der Waals surface area contributed by atoms with E-state index in [0.717, 1.165) is 7.11 Å². The van der Waals surface area contributed by atoms with E-state index in [4.69, 9.17) is 9.84 Å². The Morgan fingerprint density at radius 1 is 1.50 bits per heavy atom. The highest BCUT2D eigenvalue weighted by atomic mass is 32.2. The van der Waals surface area contributed by atoms with Crippen LogP contribution >= 0.6 is 0 Å². The molecule has 9 heteroatoms. The number of aliphatic carboxylic acids is 1. The Morgan fingerprint density at radius 2 is 2.17 bits per heavy atom. The Kier molecular flexibility index (Phi) is 4.65. The lowest BCUT2D eigenvalue weighted by Gasteiger charge is -2.23. The zero-order chi connectivity index (χ0) is 13.8. The zero-order valence-electron chi connectivity index (χ0n) is 9.84. The van der Waals surface area contributed by atoms with E-state index in [1.807, 2.05) is 0 Å². The molecule has 0 bridgehead atoms. The Bertz CT molecular complexity index is 424. The molecule has 1 fully saturated rings. The first-order chi connectivity index (χ1) is 8.31. The van der Waals surface area contributed by atoms with Gasteiger partial charge in [-0.2, -0.15) is 4.72 Å². The number of hydrogen-bond donors (Lipinski definition) is 2. The number of sulfonamides is 1. The van der Waals surface area contributed by atoms with Crippen molar-refractivity contribution in [2.24, 2.45) is 0 Å². The molecule has 0 radical (unpaired) electrons. The predicted molar refractivity (Wildman–Crippen MR) is 59.4 cm³/mol. The van der Waals surface area contributed by atoms with Gasteiger partial charge in [-0.3, -0.25) is 9.59 Å². The van der Waals surface area contributed by atoms with Crippen LogP contribution in [-0.2, 0) is 29.1 Å². The Hall–Kier alpha value is -1.19. The summed E-state index contributed by atoms with van der Waals surface area (Å²) in [7, 11) is -2.74. The van der Waals surface area contributed by atoms with Gasteiger partial charge >= 0.3 is 11.9 Å². The Morgan fingerprint density at radius 3 is 2.61 bits per heavy atom. The van der Waals surface area contributed by atoms with Crippen LogP contribution in [0.5, 0.6) is 0 Å². The van der Waals surface area contributed by atoms with Gasteiger partial charge in [0.25, 0.3) is 0 Å². The molecule has 1 rings (SSSR count). The Balaban J connectivity index is 2.69.